The molecule has 0 amide bonds. The van der Waals surface area contributed by atoms with Crippen molar-refractivity contribution in [2.24, 2.45) is 10.1 Å². The average Bonchev–Trinajstić information content (AvgIpc) is 2.96. The molecule has 94 valence electrons. The lowest BCUT2D eigenvalue weighted by Crippen LogP contribution is -2.02. The Balaban J connectivity index is 1.73. The number of rotatable bonds is 3. The Labute approximate surface area is 111 Å². The van der Waals surface area contributed by atoms with Crippen LogP contribution in [0.25, 0.3) is 0 Å². The molecule has 1 aliphatic heterocycles. The van der Waals surface area contributed by atoms with E-state index in [9.17, 15) is 0 Å². The van der Waals surface area contributed by atoms with E-state index in [0.717, 1.165) is 11.3 Å². The predicted octanol–water partition coefficient (Wildman–Crippen LogP) is 2.89. The molecule has 0 unspecified atom stereocenters. The van der Waals surface area contributed by atoms with Crippen LogP contribution in [0.3, 0.4) is 0 Å². The van der Waals surface area contributed by atoms with E-state index in [1.165, 1.54) is 0 Å². The van der Waals surface area contributed by atoms with Crippen LogP contribution in [0.5, 0.6) is 0 Å². The second-order valence-electron chi connectivity index (χ2n) is 4.08. The molecule has 2 aromatic rings. The van der Waals surface area contributed by atoms with E-state index >= 15 is 0 Å². The fraction of sp³-hybridized carbons (Fsp3) is 0.0667. The second-order valence-corrected chi connectivity index (χ2v) is 4.08. The van der Waals surface area contributed by atoms with Gasteiger partial charge < -0.3 is 4.74 Å². The predicted molar refractivity (Wildman–Crippen MR) is 76.4 cm³/mol. The summed E-state index contributed by atoms with van der Waals surface area (Å²) >= 11 is 0. The number of para-hydroxylation sites is 1. The van der Waals surface area contributed by atoms with Crippen LogP contribution in [0.1, 0.15) is 5.56 Å². The number of benzene rings is 2. The normalized spacial score (nSPS) is 16.0. The molecule has 0 aromatic heterocycles. The maximum Gasteiger partial charge on any atom is 0.223 e. The Morgan fingerprint density at radius 1 is 0.947 bits per heavy atom. The average molecular weight is 251 g/mol. The number of ether oxygens (including phenoxy) is 1. The van der Waals surface area contributed by atoms with Crippen molar-refractivity contribution in [3.8, 4) is 0 Å². The van der Waals surface area contributed by atoms with Crippen LogP contribution in [-0.4, -0.2) is 18.3 Å². The molecule has 1 N–H and O–H groups in total. The molecule has 0 radical (unpaired) electrons. The molecule has 3 rings (SSSR count). The molecular weight excluding hydrogens is 238 g/mol. The molecule has 0 bridgehead atoms. The fourth-order valence-electron chi connectivity index (χ4n) is 1.74. The van der Waals surface area contributed by atoms with Gasteiger partial charge in [-0.2, -0.15) is 10.1 Å². The molecule has 1 heterocycles. The van der Waals surface area contributed by atoms with Crippen LogP contribution < -0.4 is 5.43 Å². The first-order chi connectivity index (χ1) is 9.42. The van der Waals surface area contributed by atoms with Crippen LogP contribution in [0, 0.1) is 0 Å². The number of hydrogen-bond donors (Lipinski definition) is 1. The van der Waals surface area contributed by atoms with Crippen molar-refractivity contribution >= 4 is 17.4 Å². The van der Waals surface area contributed by atoms with Gasteiger partial charge in [0.25, 0.3) is 0 Å². The molecule has 0 atom stereocenters. The van der Waals surface area contributed by atoms with Crippen LogP contribution in [-0.2, 0) is 4.74 Å². The minimum atomic E-state index is 0.393. The minimum Gasteiger partial charge on any atom is -0.469 e. The van der Waals surface area contributed by atoms with Crippen molar-refractivity contribution in [1.82, 2.24) is 0 Å². The van der Waals surface area contributed by atoms with Crippen molar-refractivity contribution < 1.29 is 4.74 Å². The van der Waals surface area contributed by atoms with Crippen molar-refractivity contribution in [2.75, 3.05) is 12.0 Å². The third kappa shape index (κ3) is 2.80. The number of aliphatic imine (C=N–C) groups is 1. The zero-order chi connectivity index (χ0) is 12.9. The van der Waals surface area contributed by atoms with Gasteiger partial charge in [-0.25, -0.2) is 0 Å². The molecule has 4 nitrogen and oxygen atoms in total. The van der Waals surface area contributed by atoms with E-state index in [-0.39, 0.29) is 0 Å². The van der Waals surface area contributed by atoms with Crippen LogP contribution in [0.15, 0.2) is 70.8 Å². The molecule has 0 saturated heterocycles. The Kier molecular flexibility index (Phi) is 3.23. The molecule has 0 aliphatic carbocycles. The SMILES string of the molecule is c1ccc(N/N=C2\COC(c3ccccc3)=N2)cc1. The first-order valence-corrected chi connectivity index (χ1v) is 6.06. The van der Waals surface area contributed by atoms with Gasteiger partial charge in [0.2, 0.25) is 5.90 Å². The lowest BCUT2D eigenvalue weighted by Gasteiger charge is -1.98. The first-order valence-electron chi connectivity index (χ1n) is 6.06. The van der Waals surface area contributed by atoms with E-state index in [0.29, 0.717) is 18.3 Å². The number of hydrazone groups is 1. The van der Waals surface area contributed by atoms with Crippen molar-refractivity contribution in [3.63, 3.8) is 0 Å². The summed E-state index contributed by atoms with van der Waals surface area (Å²) in [4.78, 5) is 4.36. The highest BCUT2D eigenvalue weighted by molar-refractivity contribution is 6.07. The third-order valence-electron chi connectivity index (χ3n) is 2.68. The van der Waals surface area contributed by atoms with Gasteiger partial charge in [0.05, 0.1) is 5.69 Å². The lowest BCUT2D eigenvalue weighted by molar-refractivity contribution is 0.381. The Hall–Kier alpha value is -2.62. The molecule has 4 heteroatoms. The highest BCUT2D eigenvalue weighted by atomic mass is 16.5. The molecule has 1 aliphatic rings. The summed E-state index contributed by atoms with van der Waals surface area (Å²) < 4.78 is 5.52. The van der Waals surface area contributed by atoms with Crippen molar-refractivity contribution in [2.45, 2.75) is 0 Å². The van der Waals surface area contributed by atoms with Crippen LogP contribution in [0.2, 0.25) is 0 Å². The van der Waals surface area contributed by atoms with E-state index in [1.807, 2.05) is 60.7 Å². The number of hydrogen-bond acceptors (Lipinski definition) is 3. The highest BCUT2D eigenvalue weighted by Gasteiger charge is 2.15. The van der Waals surface area contributed by atoms with Gasteiger partial charge in [0.15, 0.2) is 12.4 Å². The third-order valence-corrected chi connectivity index (χ3v) is 2.68. The van der Waals surface area contributed by atoms with Crippen LogP contribution in [0.4, 0.5) is 5.69 Å². The lowest BCUT2D eigenvalue weighted by atomic mass is 10.2. The summed E-state index contributed by atoms with van der Waals surface area (Å²) in [6.07, 6.45) is 0. The molecule has 19 heavy (non-hydrogen) atoms. The smallest absolute Gasteiger partial charge is 0.223 e. The van der Waals surface area contributed by atoms with E-state index < -0.39 is 0 Å². The zero-order valence-corrected chi connectivity index (χ0v) is 10.3. The number of amidine groups is 1. The monoisotopic (exact) mass is 251 g/mol. The Bertz CT molecular complexity index is 606. The van der Waals surface area contributed by atoms with Crippen molar-refractivity contribution in [3.05, 3.63) is 66.2 Å². The van der Waals surface area contributed by atoms with E-state index in [2.05, 4.69) is 15.5 Å². The molecule has 0 fully saturated rings. The minimum absolute atomic E-state index is 0.393. The number of nitrogens with one attached hydrogen (secondary N) is 1. The second kappa shape index (κ2) is 5.35. The van der Waals surface area contributed by atoms with Gasteiger partial charge >= 0.3 is 0 Å². The quantitative estimate of drug-likeness (QED) is 0.852. The summed E-state index contributed by atoms with van der Waals surface area (Å²) in [5.74, 6) is 1.26. The molecule has 2 aromatic carbocycles. The van der Waals surface area contributed by atoms with Gasteiger partial charge in [0, 0.05) is 5.56 Å². The van der Waals surface area contributed by atoms with E-state index in [1.54, 1.807) is 0 Å². The largest absolute Gasteiger partial charge is 0.469 e. The van der Waals surface area contributed by atoms with Crippen molar-refractivity contribution in [1.29, 1.82) is 0 Å². The zero-order valence-electron chi connectivity index (χ0n) is 10.3. The number of nitrogens with zero attached hydrogens (tertiary/aromatic N) is 2. The number of anilines is 1. The summed E-state index contributed by atoms with van der Waals surface area (Å²) in [5, 5.41) is 4.22. The van der Waals surface area contributed by atoms with Crippen LogP contribution >= 0.6 is 0 Å². The summed E-state index contributed by atoms with van der Waals surface area (Å²) in [7, 11) is 0. The standard InChI is InChI=1S/C15H13N3O/c1-3-7-12(8-4-1)15-16-14(11-19-15)18-17-13-9-5-2-6-10-13/h1-10,17H,11H2/b18-14+. The Morgan fingerprint density at radius 2 is 1.63 bits per heavy atom. The highest BCUT2D eigenvalue weighted by Crippen LogP contribution is 2.10. The van der Waals surface area contributed by atoms with E-state index in [4.69, 9.17) is 4.74 Å². The van der Waals surface area contributed by atoms with Gasteiger partial charge in [0.1, 0.15) is 0 Å². The molecule has 0 saturated carbocycles. The molecule has 0 spiro atoms. The summed E-state index contributed by atoms with van der Waals surface area (Å²) in [5.41, 5.74) is 4.85. The summed E-state index contributed by atoms with van der Waals surface area (Å²) in [6.45, 7) is 0.393. The summed E-state index contributed by atoms with van der Waals surface area (Å²) in [6, 6.07) is 19.6. The van der Waals surface area contributed by atoms with Gasteiger partial charge in [-0.15, -0.1) is 0 Å². The maximum absolute atomic E-state index is 5.52. The fourth-order valence-corrected chi connectivity index (χ4v) is 1.74. The topological polar surface area (TPSA) is 46.0 Å². The van der Waals surface area contributed by atoms with Gasteiger partial charge in [-0.3, -0.25) is 5.43 Å². The Morgan fingerprint density at radius 3 is 2.37 bits per heavy atom. The first kappa shape index (κ1) is 11.5. The van der Waals surface area contributed by atoms with Gasteiger partial charge in [-0.1, -0.05) is 36.4 Å². The van der Waals surface area contributed by atoms with Gasteiger partial charge in [-0.05, 0) is 24.3 Å². The maximum atomic E-state index is 5.52. The molecular formula is C15H13N3O.